The molecule has 0 aliphatic rings. The summed E-state index contributed by atoms with van der Waals surface area (Å²) in [4.78, 5) is 14.2. The molecule has 4 N–H and O–H groups in total. The normalized spacial score (nSPS) is 11.8. The maximum atomic E-state index is 11.7. The van der Waals surface area contributed by atoms with Crippen LogP contribution in [-0.4, -0.2) is 39.1 Å². The standard InChI is InChI=1S/C12H21N3O4S/c1-9(2)8-19-5-3-4-14-12(16)11-6-10(7-15-11)20(13,17)18/h6-7,9,15H,3-5,8H2,1-2H3,(H,14,16)(H2,13,17,18). The number of ether oxygens (including phenoxy) is 1. The molecule has 0 bridgehead atoms. The van der Waals surface area contributed by atoms with Gasteiger partial charge in [0, 0.05) is 26.0 Å². The molecule has 1 amide bonds. The van der Waals surface area contributed by atoms with E-state index in [4.69, 9.17) is 9.88 Å². The molecule has 0 saturated heterocycles. The van der Waals surface area contributed by atoms with Crippen molar-refractivity contribution in [3.05, 3.63) is 18.0 Å². The van der Waals surface area contributed by atoms with Gasteiger partial charge in [-0.1, -0.05) is 13.8 Å². The lowest BCUT2D eigenvalue weighted by atomic mass is 10.2. The Morgan fingerprint density at radius 2 is 2.20 bits per heavy atom. The van der Waals surface area contributed by atoms with Crippen molar-refractivity contribution in [1.29, 1.82) is 0 Å². The van der Waals surface area contributed by atoms with Gasteiger partial charge in [-0.25, -0.2) is 13.6 Å². The van der Waals surface area contributed by atoms with E-state index >= 15 is 0 Å². The van der Waals surface area contributed by atoms with Gasteiger partial charge in [0.15, 0.2) is 0 Å². The van der Waals surface area contributed by atoms with Gasteiger partial charge in [-0.15, -0.1) is 0 Å². The Labute approximate surface area is 118 Å². The van der Waals surface area contributed by atoms with Gasteiger partial charge in [0.2, 0.25) is 10.0 Å². The van der Waals surface area contributed by atoms with Gasteiger partial charge < -0.3 is 15.0 Å². The van der Waals surface area contributed by atoms with E-state index in [1.54, 1.807) is 0 Å². The summed E-state index contributed by atoms with van der Waals surface area (Å²) in [6.07, 6.45) is 1.89. The van der Waals surface area contributed by atoms with Gasteiger partial charge in [0.25, 0.3) is 5.91 Å². The lowest BCUT2D eigenvalue weighted by Crippen LogP contribution is -2.25. The second-order valence-corrected chi connectivity index (χ2v) is 6.43. The molecule has 0 aliphatic heterocycles. The zero-order valence-electron chi connectivity index (χ0n) is 11.7. The minimum Gasteiger partial charge on any atom is -0.381 e. The lowest BCUT2D eigenvalue weighted by Gasteiger charge is -2.07. The van der Waals surface area contributed by atoms with E-state index < -0.39 is 10.0 Å². The van der Waals surface area contributed by atoms with E-state index in [-0.39, 0.29) is 16.5 Å². The van der Waals surface area contributed by atoms with Crippen LogP contribution in [0.15, 0.2) is 17.2 Å². The first-order valence-electron chi connectivity index (χ1n) is 6.38. The van der Waals surface area contributed by atoms with Gasteiger partial charge in [-0.05, 0) is 18.4 Å². The summed E-state index contributed by atoms with van der Waals surface area (Å²) in [6.45, 7) is 5.86. The van der Waals surface area contributed by atoms with Gasteiger partial charge >= 0.3 is 0 Å². The van der Waals surface area contributed by atoms with Crippen LogP contribution < -0.4 is 10.5 Å². The molecular weight excluding hydrogens is 282 g/mol. The minimum absolute atomic E-state index is 0.108. The van der Waals surface area contributed by atoms with E-state index in [0.29, 0.717) is 32.1 Å². The molecular formula is C12H21N3O4S. The summed E-state index contributed by atoms with van der Waals surface area (Å²) in [5.41, 5.74) is 0.164. The molecule has 1 aromatic rings. The Hall–Kier alpha value is -1.38. The highest BCUT2D eigenvalue weighted by Crippen LogP contribution is 2.08. The molecule has 1 heterocycles. The van der Waals surface area contributed by atoms with Gasteiger partial charge in [0.1, 0.15) is 5.69 Å². The van der Waals surface area contributed by atoms with Gasteiger partial charge in [-0.2, -0.15) is 0 Å². The van der Waals surface area contributed by atoms with Crippen LogP contribution in [0.5, 0.6) is 0 Å². The van der Waals surface area contributed by atoms with Gasteiger partial charge in [-0.3, -0.25) is 4.79 Å². The number of H-pyrrole nitrogens is 1. The molecule has 0 atom stereocenters. The maximum Gasteiger partial charge on any atom is 0.267 e. The Kier molecular flexibility index (Phi) is 6.18. The van der Waals surface area contributed by atoms with Crippen LogP contribution in [0.4, 0.5) is 0 Å². The van der Waals surface area contributed by atoms with Crippen LogP contribution in [0.2, 0.25) is 0 Å². The number of aromatic amines is 1. The Balaban J connectivity index is 2.31. The van der Waals surface area contributed by atoms with Crippen molar-refractivity contribution in [2.45, 2.75) is 25.2 Å². The van der Waals surface area contributed by atoms with Crippen LogP contribution in [0.1, 0.15) is 30.8 Å². The molecule has 0 spiro atoms. The second kappa shape index (κ2) is 7.41. The number of amides is 1. The third-order valence-electron chi connectivity index (χ3n) is 2.43. The number of primary sulfonamides is 1. The Morgan fingerprint density at radius 3 is 2.75 bits per heavy atom. The summed E-state index contributed by atoms with van der Waals surface area (Å²) in [6, 6.07) is 1.21. The average Bonchev–Trinajstić information content (AvgIpc) is 2.82. The van der Waals surface area contributed by atoms with Crippen molar-refractivity contribution < 1.29 is 17.9 Å². The summed E-state index contributed by atoms with van der Waals surface area (Å²) in [5, 5.41) is 7.62. The van der Waals surface area contributed by atoms with Crippen molar-refractivity contribution in [2.75, 3.05) is 19.8 Å². The molecule has 0 unspecified atom stereocenters. The lowest BCUT2D eigenvalue weighted by molar-refractivity contribution is 0.0921. The second-order valence-electron chi connectivity index (χ2n) is 4.87. The average molecular weight is 303 g/mol. The summed E-state index contributed by atoms with van der Waals surface area (Å²) < 4.78 is 27.5. The molecule has 0 aliphatic carbocycles. The molecule has 7 nitrogen and oxygen atoms in total. The Morgan fingerprint density at radius 1 is 1.50 bits per heavy atom. The van der Waals surface area contributed by atoms with E-state index in [1.807, 2.05) is 0 Å². The van der Waals surface area contributed by atoms with Crippen molar-refractivity contribution in [3.8, 4) is 0 Å². The zero-order valence-corrected chi connectivity index (χ0v) is 12.5. The zero-order chi connectivity index (χ0) is 15.2. The summed E-state index contributed by atoms with van der Waals surface area (Å²) >= 11 is 0. The quantitative estimate of drug-likeness (QED) is 0.605. The molecule has 1 rings (SSSR count). The van der Waals surface area contributed by atoms with E-state index in [1.165, 1.54) is 12.3 Å². The predicted molar refractivity (Wildman–Crippen MR) is 74.8 cm³/mol. The summed E-state index contributed by atoms with van der Waals surface area (Å²) in [7, 11) is -3.79. The smallest absolute Gasteiger partial charge is 0.267 e. The van der Waals surface area contributed by atoms with Crippen molar-refractivity contribution in [3.63, 3.8) is 0 Å². The fourth-order valence-corrected chi connectivity index (χ4v) is 1.97. The monoisotopic (exact) mass is 303 g/mol. The molecule has 114 valence electrons. The number of hydrogen-bond donors (Lipinski definition) is 3. The molecule has 0 fully saturated rings. The number of carbonyl (C=O) groups excluding carboxylic acids is 1. The van der Waals surface area contributed by atoms with E-state index in [2.05, 4.69) is 24.1 Å². The third-order valence-corrected chi connectivity index (χ3v) is 3.32. The highest BCUT2D eigenvalue weighted by Gasteiger charge is 2.14. The number of nitrogens with two attached hydrogens (primary N) is 1. The molecule has 8 heteroatoms. The van der Waals surface area contributed by atoms with Crippen LogP contribution >= 0.6 is 0 Å². The first-order valence-corrected chi connectivity index (χ1v) is 7.92. The van der Waals surface area contributed by atoms with Crippen molar-refractivity contribution >= 4 is 15.9 Å². The topological polar surface area (TPSA) is 114 Å². The van der Waals surface area contributed by atoms with Crippen LogP contribution in [0, 0.1) is 5.92 Å². The molecule has 1 aromatic heterocycles. The SMILES string of the molecule is CC(C)COCCCNC(=O)c1cc(S(N)(=O)=O)c[nH]1. The molecule has 20 heavy (non-hydrogen) atoms. The number of aromatic nitrogens is 1. The first kappa shape index (κ1) is 16.7. The van der Waals surface area contributed by atoms with E-state index in [0.717, 1.165) is 0 Å². The highest BCUT2D eigenvalue weighted by molar-refractivity contribution is 7.89. The molecule has 0 saturated carbocycles. The van der Waals surface area contributed by atoms with E-state index in [9.17, 15) is 13.2 Å². The highest BCUT2D eigenvalue weighted by atomic mass is 32.2. The molecule has 0 aromatic carbocycles. The van der Waals surface area contributed by atoms with Crippen molar-refractivity contribution in [2.24, 2.45) is 11.1 Å². The predicted octanol–water partition coefficient (Wildman–Crippen LogP) is 0.455. The van der Waals surface area contributed by atoms with Crippen LogP contribution in [-0.2, 0) is 14.8 Å². The minimum atomic E-state index is -3.79. The number of hydrogen-bond acceptors (Lipinski definition) is 4. The van der Waals surface area contributed by atoms with Crippen LogP contribution in [0.3, 0.4) is 0 Å². The number of carbonyl (C=O) groups is 1. The van der Waals surface area contributed by atoms with Crippen molar-refractivity contribution in [1.82, 2.24) is 10.3 Å². The number of sulfonamides is 1. The summed E-state index contributed by atoms with van der Waals surface area (Å²) in [5.74, 6) is 0.115. The third kappa shape index (κ3) is 5.72. The van der Waals surface area contributed by atoms with Gasteiger partial charge in [0.05, 0.1) is 4.90 Å². The fourth-order valence-electron chi connectivity index (χ4n) is 1.46. The number of rotatable bonds is 8. The fraction of sp³-hybridized carbons (Fsp3) is 0.583. The maximum absolute atomic E-state index is 11.7. The number of nitrogens with one attached hydrogen (secondary N) is 2. The Bertz CT molecular complexity index is 537. The largest absolute Gasteiger partial charge is 0.381 e. The molecule has 0 radical (unpaired) electrons. The van der Waals surface area contributed by atoms with Crippen LogP contribution in [0.25, 0.3) is 0 Å². The first-order chi connectivity index (χ1) is 9.30.